The number of carbonyl (C=O) groups is 3. The van der Waals surface area contributed by atoms with Gasteiger partial charge < -0.3 is 19.7 Å². The van der Waals surface area contributed by atoms with Gasteiger partial charge in [-0.3, -0.25) is 14.4 Å². The van der Waals surface area contributed by atoms with Crippen LogP contribution in [0.1, 0.15) is 37.0 Å². The Balaban J connectivity index is 2.15. The third-order valence-electron chi connectivity index (χ3n) is 3.81. The number of piperazine rings is 1. The van der Waals surface area contributed by atoms with E-state index in [2.05, 4.69) is 5.32 Å². The van der Waals surface area contributed by atoms with Crippen LogP contribution in [-0.4, -0.2) is 55.0 Å². The van der Waals surface area contributed by atoms with Crippen LogP contribution in [0, 0.1) is 0 Å². The minimum Gasteiger partial charge on any atom is -0.494 e. The number of ether oxygens (including phenoxy) is 2. The summed E-state index contributed by atoms with van der Waals surface area (Å²) in [6.45, 7) is 5.25. The van der Waals surface area contributed by atoms with Gasteiger partial charge in [0.1, 0.15) is 11.8 Å². The van der Waals surface area contributed by atoms with Crippen molar-refractivity contribution in [2.75, 3.05) is 26.3 Å². The zero-order valence-electron chi connectivity index (χ0n) is 14.6. The molecule has 25 heavy (non-hydrogen) atoms. The van der Waals surface area contributed by atoms with Crippen LogP contribution >= 0.6 is 0 Å². The molecule has 0 saturated carbocycles. The molecule has 2 rings (SSSR count). The van der Waals surface area contributed by atoms with Crippen molar-refractivity contribution < 1.29 is 23.9 Å². The van der Waals surface area contributed by atoms with Crippen LogP contribution in [0.5, 0.6) is 5.75 Å². The van der Waals surface area contributed by atoms with Crippen LogP contribution in [0.15, 0.2) is 24.3 Å². The van der Waals surface area contributed by atoms with Gasteiger partial charge in [0.15, 0.2) is 0 Å². The van der Waals surface area contributed by atoms with Gasteiger partial charge in [-0.2, -0.15) is 0 Å². The van der Waals surface area contributed by atoms with Crippen LogP contribution in [0.4, 0.5) is 0 Å². The second kappa shape index (κ2) is 9.05. The summed E-state index contributed by atoms with van der Waals surface area (Å²) in [6, 6.07) is 5.95. The molecule has 2 amide bonds. The Morgan fingerprint density at radius 3 is 2.84 bits per heavy atom. The highest BCUT2D eigenvalue weighted by Gasteiger charge is 2.35. The molecule has 0 radical (unpaired) electrons. The zero-order valence-corrected chi connectivity index (χ0v) is 14.6. The van der Waals surface area contributed by atoms with Crippen LogP contribution < -0.4 is 10.1 Å². The molecule has 0 aliphatic carbocycles. The fourth-order valence-electron chi connectivity index (χ4n) is 2.64. The molecule has 7 heteroatoms. The lowest BCUT2D eigenvalue weighted by molar-refractivity contribution is -0.147. The zero-order chi connectivity index (χ0) is 18.2. The van der Waals surface area contributed by atoms with E-state index in [9.17, 15) is 14.4 Å². The minimum atomic E-state index is -0.860. The molecule has 1 saturated heterocycles. The van der Waals surface area contributed by atoms with Gasteiger partial charge >= 0.3 is 5.97 Å². The maximum absolute atomic E-state index is 12.8. The summed E-state index contributed by atoms with van der Waals surface area (Å²) in [6.07, 6.45) is 0.554. The molecule has 1 aromatic carbocycles. The van der Waals surface area contributed by atoms with Crippen molar-refractivity contribution in [3.05, 3.63) is 29.8 Å². The van der Waals surface area contributed by atoms with Gasteiger partial charge in [0, 0.05) is 18.7 Å². The summed E-state index contributed by atoms with van der Waals surface area (Å²) in [7, 11) is 0. The number of nitrogens with one attached hydrogen (secondary N) is 1. The van der Waals surface area contributed by atoms with E-state index in [1.165, 1.54) is 4.90 Å². The maximum atomic E-state index is 12.8. The van der Waals surface area contributed by atoms with Crippen LogP contribution in [0.25, 0.3) is 0 Å². The normalized spacial score (nSPS) is 17.0. The third kappa shape index (κ3) is 4.95. The second-order valence-electron chi connectivity index (χ2n) is 5.69. The number of amides is 2. The lowest BCUT2D eigenvalue weighted by Crippen LogP contribution is -2.57. The number of hydrogen-bond donors (Lipinski definition) is 1. The predicted octanol–water partition coefficient (Wildman–Crippen LogP) is 1.37. The van der Waals surface area contributed by atoms with Crippen molar-refractivity contribution in [2.45, 2.75) is 32.7 Å². The highest BCUT2D eigenvalue weighted by atomic mass is 16.5. The lowest BCUT2D eigenvalue weighted by atomic mass is 10.1. The molecule has 0 bridgehead atoms. The monoisotopic (exact) mass is 348 g/mol. The SMILES string of the molecule is CCCOC(=O)C[C@@H]1C(=O)NCCN1C(=O)c1cccc(OCC)c1. The first kappa shape index (κ1) is 18.8. The van der Waals surface area contributed by atoms with Gasteiger partial charge in [-0.1, -0.05) is 13.0 Å². The third-order valence-corrected chi connectivity index (χ3v) is 3.81. The molecule has 1 aliphatic heterocycles. The number of rotatable bonds is 7. The van der Waals surface area contributed by atoms with Gasteiger partial charge in [-0.05, 0) is 31.5 Å². The Morgan fingerprint density at radius 2 is 2.12 bits per heavy atom. The second-order valence-corrected chi connectivity index (χ2v) is 5.69. The van der Waals surface area contributed by atoms with E-state index < -0.39 is 12.0 Å². The molecular weight excluding hydrogens is 324 g/mol. The first-order chi connectivity index (χ1) is 12.1. The molecule has 1 atom stereocenters. The topological polar surface area (TPSA) is 84.9 Å². The lowest BCUT2D eigenvalue weighted by Gasteiger charge is -2.34. The van der Waals surface area contributed by atoms with E-state index >= 15 is 0 Å². The van der Waals surface area contributed by atoms with E-state index in [1.807, 2.05) is 13.8 Å². The Morgan fingerprint density at radius 1 is 1.32 bits per heavy atom. The largest absolute Gasteiger partial charge is 0.494 e. The van der Waals surface area contributed by atoms with Crippen molar-refractivity contribution in [1.82, 2.24) is 10.2 Å². The summed E-state index contributed by atoms with van der Waals surface area (Å²) in [5, 5.41) is 2.70. The Kier molecular flexibility index (Phi) is 6.80. The van der Waals surface area contributed by atoms with Gasteiger partial charge in [0.2, 0.25) is 5.91 Å². The molecule has 7 nitrogen and oxygen atoms in total. The van der Waals surface area contributed by atoms with E-state index in [0.29, 0.717) is 44.0 Å². The van der Waals surface area contributed by atoms with Gasteiger partial charge in [0.05, 0.1) is 19.6 Å². The van der Waals surface area contributed by atoms with Crippen molar-refractivity contribution in [3.8, 4) is 5.75 Å². The smallest absolute Gasteiger partial charge is 0.308 e. The average Bonchev–Trinajstić information content (AvgIpc) is 2.61. The molecule has 136 valence electrons. The molecule has 0 spiro atoms. The van der Waals surface area contributed by atoms with E-state index in [4.69, 9.17) is 9.47 Å². The minimum absolute atomic E-state index is 0.150. The first-order valence-corrected chi connectivity index (χ1v) is 8.54. The molecule has 0 aromatic heterocycles. The molecule has 1 N–H and O–H groups in total. The number of esters is 1. The highest BCUT2D eigenvalue weighted by Crippen LogP contribution is 2.18. The Labute approximate surface area is 147 Å². The quantitative estimate of drug-likeness (QED) is 0.752. The molecule has 1 aliphatic rings. The van der Waals surface area contributed by atoms with E-state index in [1.54, 1.807) is 24.3 Å². The van der Waals surface area contributed by atoms with E-state index in [0.717, 1.165) is 0 Å². The van der Waals surface area contributed by atoms with Crippen molar-refractivity contribution in [3.63, 3.8) is 0 Å². The Bertz CT molecular complexity index is 632. The molecule has 1 heterocycles. The van der Waals surface area contributed by atoms with Crippen LogP contribution in [-0.2, 0) is 14.3 Å². The van der Waals surface area contributed by atoms with Crippen molar-refractivity contribution in [2.24, 2.45) is 0 Å². The average molecular weight is 348 g/mol. The van der Waals surface area contributed by atoms with Gasteiger partial charge in [-0.15, -0.1) is 0 Å². The summed E-state index contributed by atoms with van der Waals surface area (Å²) in [5.74, 6) is -0.530. The fourth-order valence-corrected chi connectivity index (χ4v) is 2.64. The maximum Gasteiger partial charge on any atom is 0.308 e. The first-order valence-electron chi connectivity index (χ1n) is 8.54. The molecule has 1 aromatic rings. The summed E-state index contributed by atoms with van der Waals surface area (Å²) < 4.78 is 10.5. The fraction of sp³-hybridized carbons (Fsp3) is 0.500. The molecule has 0 unspecified atom stereocenters. The summed E-state index contributed by atoms with van der Waals surface area (Å²) in [4.78, 5) is 38.4. The number of carbonyl (C=O) groups excluding carboxylic acids is 3. The Hall–Kier alpha value is -2.57. The van der Waals surface area contributed by atoms with Crippen molar-refractivity contribution >= 4 is 17.8 Å². The van der Waals surface area contributed by atoms with Gasteiger partial charge in [-0.25, -0.2) is 0 Å². The van der Waals surface area contributed by atoms with Gasteiger partial charge in [0.25, 0.3) is 5.91 Å². The summed E-state index contributed by atoms with van der Waals surface area (Å²) in [5.41, 5.74) is 0.424. The van der Waals surface area contributed by atoms with E-state index in [-0.39, 0.29) is 18.2 Å². The number of nitrogens with zero attached hydrogens (tertiary/aromatic N) is 1. The molecular formula is C18H24N2O5. The molecule has 1 fully saturated rings. The number of hydrogen-bond acceptors (Lipinski definition) is 5. The highest BCUT2D eigenvalue weighted by molar-refractivity contribution is 5.99. The standard InChI is InChI=1S/C18H24N2O5/c1-3-10-25-16(21)12-15-17(22)19-8-9-20(15)18(23)13-6-5-7-14(11-13)24-4-2/h5-7,11,15H,3-4,8-10,12H2,1-2H3,(H,19,22)/t15-/m1/s1. The summed E-state index contributed by atoms with van der Waals surface area (Å²) >= 11 is 0. The predicted molar refractivity (Wildman–Crippen MR) is 91.3 cm³/mol. The van der Waals surface area contributed by atoms with Crippen LogP contribution in [0.3, 0.4) is 0 Å². The van der Waals surface area contributed by atoms with Crippen molar-refractivity contribution in [1.29, 1.82) is 0 Å². The van der Waals surface area contributed by atoms with Crippen LogP contribution in [0.2, 0.25) is 0 Å². The number of benzene rings is 1.